The second-order valence-electron chi connectivity index (χ2n) is 5.88. The summed E-state index contributed by atoms with van der Waals surface area (Å²) in [5.74, 6) is -0.636. The van der Waals surface area contributed by atoms with Gasteiger partial charge in [-0.3, -0.25) is 9.59 Å². The Morgan fingerprint density at radius 1 is 1.13 bits per heavy atom. The maximum atomic E-state index is 11.8. The van der Waals surface area contributed by atoms with Gasteiger partial charge in [0.2, 0.25) is 0 Å². The van der Waals surface area contributed by atoms with E-state index in [1.54, 1.807) is 0 Å². The zero-order chi connectivity index (χ0) is 16.0. The zero-order valence-corrected chi connectivity index (χ0v) is 12.5. The minimum atomic E-state index is -0.840. The highest BCUT2D eigenvalue weighted by Gasteiger charge is 2.20. The summed E-state index contributed by atoms with van der Waals surface area (Å²) in [4.78, 5) is 22.9. The van der Waals surface area contributed by atoms with Crippen LogP contribution in [0.1, 0.15) is 27.9 Å². The number of aromatic nitrogens is 1. The third-order valence-corrected chi connectivity index (χ3v) is 4.42. The second kappa shape index (κ2) is 5.09. The first kappa shape index (κ1) is 13.8. The van der Waals surface area contributed by atoms with Crippen molar-refractivity contribution in [2.75, 3.05) is 0 Å². The van der Waals surface area contributed by atoms with E-state index in [1.807, 2.05) is 53.2 Å². The Hall–Kier alpha value is -2.88. The lowest BCUT2D eigenvalue weighted by Crippen LogP contribution is -1.99. The molecule has 2 aromatic carbocycles. The van der Waals surface area contributed by atoms with Gasteiger partial charge in [0.15, 0.2) is 5.78 Å². The van der Waals surface area contributed by atoms with Crippen molar-refractivity contribution >= 4 is 22.7 Å². The van der Waals surface area contributed by atoms with Crippen molar-refractivity contribution in [3.8, 4) is 5.69 Å². The molecule has 0 saturated carbocycles. The molecule has 0 unspecified atom stereocenters. The number of para-hydroxylation sites is 1. The third kappa shape index (κ3) is 2.23. The number of rotatable bonds is 3. The molecule has 1 aliphatic carbocycles. The molecular formula is C19H15NO3. The number of hydrogen-bond donors (Lipinski definition) is 1. The van der Waals surface area contributed by atoms with E-state index in [0.29, 0.717) is 6.42 Å². The molecule has 4 heteroatoms. The predicted octanol–water partition coefficient (Wildman–Crippen LogP) is 3.39. The summed E-state index contributed by atoms with van der Waals surface area (Å²) in [6, 6.07) is 13.6. The van der Waals surface area contributed by atoms with E-state index in [2.05, 4.69) is 0 Å². The van der Waals surface area contributed by atoms with E-state index in [0.717, 1.165) is 39.7 Å². The monoisotopic (exact) mass is 305 g/mol. The van der Waals surface area contributed by atoms with Gasteiger partial charge in [-0.15, -0.1) is 0 Å². The molecule has 0 aliphatic heterocycles. The Morgan fingerprint density at radius 3 is 2.78 bits per heavy atom. The number of nitrogens with zero attached hydrogens (tertiary/aromatic N) is 1. The number of Topliss-reactive ketones (excluding diaryl/α,β-unsaturated/α-hetero) is 1. The van der Waals surface area contributed by atoms with Crippen molar-refractivity contribution in [1.29, 1.82) is 0 Å². The fourth-order valence-electron chi connectivity index (χ4n) is 3.36. The molecule has 1 heterocycles. The molecule has 0 spiro atoms. The largest absolute Gasteiger partial charge is 0.481 e. The van der Waals surface area contributed by atoms with Gasteiger partial charge in [-0.25, -0.2) is 0 Å². The molecule has 4 rings (SSSR count). The normalized spacial score (nSPS) is 13.5. The molecule has 4 nitrogen and oxygen atoms in total. The number of carboxylic acid groups (broad SMARTS) is 1. The first-order valence-electron chi connectivity index (χ1n) is 7.61. The van der Waals surface area contributed by atoms with Gasteiger partial charge in [-0.2, -0.15) is 0 Å². The SMILES string of the molecule is O=C(O)Cc1cn(-c2ccc3c(c2)CCC3=O)c2ccccc12. The number of ketones is 1. The lowest BCUT2D eigenvalue weighted by molar-refractivity contribution is -0.136. The number of fused-ring (bicyclic) bond motifs is 2. The molecule has 0 fully saturated rings. The molecule has 114 valence electrons. The molecule has 0 radical (unpaired) electrons. The first-order chi connectivity index (χ1) is 11.1. The van der Waals surface area contributed by atoms with E-state index in [9.17, 15) is 9.59 Å². The van der Waals surface area contributed by atoms with Crippen molar-refractivity contribution in [1.82, 2.24) is 4.57 Å². The molecule has 0 amide bonds. The summed E-state index contributed by atoms with van der Waals surface area (Å²) >= 11 is 0. The summed E-state index contributed by atoms with van der Waals surface area (Å²) < 4.78 is 2.01. The number of carboxylic acids is 1. The van der Waals surface area contributed by atoms with Crippen LogP contribution in [0.2, 0.25) is 0 Å². The van der Waals surface area contributed by atoms with Gasteiger partial charge in [0.1, 0.15) is 0 Å². The average molecular weight is 305 g/mol. The van der Waals surface area contributed by atoms with Crippen LogP contribution in [-0.2, 0) is 17.6 Å². The predicted molar refractivity (Wildman–Crippen MR) is 87.3 cm³/mol. The summed E-state index contributed by atoms with van der Waals surface area (Å²) in [5.41, 5.74) is 4.63. The van der Waals surface area contributed by atoms with E-state index in [1.165, 1.54) is 0 Å². The zero-order valence-electron chi connectivity index (χ0n) is 12.5. The Kier molecular flexibility index (Phi) is 3.05. The molecule has 0 bridgehead atoms. The lowest BCUT2D eigenvalue weighted by Gasteiger charge is -2.07. The van der Waals surface area contributed by atoms with Gasteiger partial charge >= 0.3 is 5.97 Å². The van der Waals surface area contributed by atoms with Crippen LogP contribution < -0.4 is 0 Å². The van der Waals surface area contributed by atoms with Crippen LogP contribution in [0.4, 0.5) is 0 Å². The number of carbonyl (C=O) groups is 2. The fourth-order valence-corrected chi connectivity index (χ4v) is 3.36. The summed E-state index contributed by atoms with van der Waals surface area (Å²) in [5, 5.41) is 10.1. The Bertz CT molecular complexity index is 952. The second-order valence-corrected chi connectivity index (χ2v) is 5.88. The molecule has 1 aliphatic rings. The molecular weight excluding hydrogens is 290 g/mol. The average Bonchev–Trinajstić information content (AvgIpc) is 3.09. The molecule has 0 saturated heterocycles. The molecule has 1 N–H and O–H groups in total. The number of benzene rings is 2. The van der Waals surface area contributed by atoms with Crippen molar-refractivity contribution in [3.63, 3.8) is 0 Å². The van der Waals surface area contributed by atoms with Gasteiger partial charge in [-0.05, 0) is 41.8 Å². The van der Waals surface area contributed by atoms with Crippen LogP contribution in [0.3, 0.4) is 0 Å². The fraction of sp³-hybridized carbons (Fsp3) is 0.158. The van der Waals surface area contributed by atoms with Crippen LogP contribution in [0.15, 0.2) is 48.7 Å². The van der Waals surface area contributed by atoms with Crippen molar-refractivity contribution < 1.29 is 14.7 Å². The van der Waals surface area contributed by atoms with Crippen molar-refractivity contribution in [3.05, 3.63) is 65.4 Å². The summed E-state index contributed by atoms with van der Waals surface area (Å²) in [6.45, 7) is 0. The standard InChI is InChI=1S/C19H15NO3/c21-18-8-5-12-9-14(6-7-16(12)18)20-11-13(10-19(22)23)15-3-1-2-4-17(15)20/h1-4,6-7,9,11H,5,8,10H2,(H,22,23). The number of carbonyl (C=O) groups excluding carboxylic acids is 1. The third-order valence-electron chi connectivity index (χ3n) is 4.42. The first-order valence-corrected chi connectivity index (χ1v) is 7.61. The van der Waals surface area contributed by atoms with E-state index >= 15 is 0 Å². The molecule has 1 aromatic heterocycles. The minimum Gasteiger partial charge on any atom is -0.481 e. The van der Waals surface area contributed by atoms with E-state index < -0.39 is 5.97 Å². The van der Waals surface area contributed by atoms with Crippen LogP contribution in [0.25, 0.3) is 16.6 Å². The van der Waals surface area contributed by atoms with E-state index in [4.69, 9.17) is 5.11 Å². The number of hydrogen-bond acceptors (Lipinski definition) is 2. The van der Waals surface area contributed by atoms with Crippen molar-refractivity contribution in [2.45, 2.75) is 19.3 Å². The quantitative estimate of drug-likeness (QED) is 0.807. The van der Waals surface area contributed by atoms with Crippen molar-refractivity contribution in [2.24, 2.45) is 0 Å². The Morgan fingerprint density at radius 2 is 1.96 bits per heavy atom. The van der Waals surface area contributed by atoms with E-state index in [-0.39, 0.29) is 12.2 Å². The Balaban J connectivity index is 1.89. The summed E-state index contributed by atoms with van der Waals surface area (Å²) in [7, 11) is 0. The van der Waals surface area contributed by atoms with Gasteiger partial charge in [0.25, 0.3) is 0 Å². The molecule has 0 atom stereocenters. The van der Waals surface area contributed by atoms with Crippen LogP contribution in [-0.4, -0.2) is 21.4 Å². The smallest absolute Gasteiger partial charge is 0.307 e. The van der Waals surface area contributed by atoms with Gasteiger partial charge in [-0.1, -0.05) is 18.2 Å². The number of aliphatic carboxylic acids is 1. The topological polar surface area (TPSA) is 59.3 Å². The molecule has 3 aromatic rings. The van der Waals surface area contributed by atoms with Crippen LogP contribution >= 0.6 is 0 Å². The number of aryl methyl sites for hydroxylation is 1. The minimum absolute atomic E-state index is 0.00304. The van der Waals surface area contributed by atoms with Gasteiger partial charge < -0.3 is 9.67 Å². The maximum absolute atomic E-state index is 11.8. The highest BCUT2D eigenvalue weighted by Crippen LogP contribution is 2.29. The highest BCUT2D eigenvalue weighted by atomic mass is 16.4. The van der Waals surface area contributed by atoms with Gasteiger partial charge in [0, 0.05) is 29.3 Å². The van der Waals surface area contributed by atoms with Gasteiger partial charge in [0.05, 0.1) is 11.9 Å². The summed E-state index contributed by atoms with van der Waals surface area (Å²) in [6.07, 6.45) is 3.24. The van der Waals surface area contributed by atoms with Crippen LogP contribution in [0.5, 0.6) is 0 Å². The molecule has 23 heavy (non-hydrogen) atoms. The highest BCUT2D eigenvalue weighted by molar-refractivity contribution is 6.00. The van der Waals surface area contributed by atoms with Crippen LogP contribution in [0, 0.1) is 0 Å². The Labute approximate surface area is 133 Å². The maximum Gasteiger partial charge on any atom is 0.307 e. The lowest BCUT2D eigenvalue weighted by atomic mass is 10.1.